The average Bonchev–Trinajstić information content (AvgIpc) is 2.95. The molecule has 0 amide bonds. The molecule has 5 heteroatoms. The summed E-state index contributed by atoms with van der Waals surface area (Å²) in [7, 11) is 3.47. The maximum atomic E-state index is 13.3. The van der Waals surface area contributed by atoms with Crippen molar-refractivity contribution in [3.8, 4) is 5.75 Å². The quantitative estimate of drug-likeness (QED) is 0.535. The first-order chi connectivity index (χ1) is 12.5. The summed E-state index contributed by atoms with van der Waals surface area (Å²) in [4.78, 5) is 25.5. The van der Waals surface area contributed by atoms with Gasteiger partial charge in [-0.3, -0.25) is 9.59 Å². The van der Waals surface area contributed by atoms with Gasteiger partial charge in [0.15, 0.2) is 5.43 Å². The topological polar surface area (TPSA) is 52.7 Å². The molecule has 1 aromatic carbocycles. The van der Waals surface area contributed by atoms with Crippen molar-refractivity contribution in [1.29, 1.82) is 0 Å². The lowest BCUT2D eigenvalue weighted by Crippen LogP contribution is -2.10. The minimum atomic E-state index is -0.139. The van der Waals surface area contributed by atoms with E-state index in [1.54, 1.807) is 25.4 Å². The van der Waals surface area contributed by atoms with E-state index in [1.165, 1.54) is 6.07 Å². The maximum absolute atomic E-state index is 13.3. The number of rotatable bonds is 3. The maximum Gasteiger partial charge on any atom is 0.210 e. The number of pyridine rings is 2. The fourth-order valence-electron chi connectivity index (χ4n) is 3.51. The van der Waals surface area contributed by atoms with Crippen molar-refractivity contribution in [2.75, 3.05) is 7.11 Å². The van der Waals surface area contributed by atoms with E-state index in [0.717, 1.165) is 16.6 Å². The lowest BCUT2D eigenvalue weighted by atomic mass is 10.0. The number of nitrogens with zero attached hydrogens (tertiary/aromatic N) is 2. The van der Waals surface area contributed by atoms with Crippen LogP contribution in [0.3, 0.4) is 0 Å². The van der Waals surface area contributed by atoms with Gasteiger partial charge in [-0.2, -0.15) is 0 Å². The molecule has 0 bridgehead atoms. The zero-order valence-corrected chi connectivity index (χ0v) is 14.8. The highest BCUT2D eigenvalue weighted by Gasteiger charge is 2.22. The third-order valence-corrected chi connectivity index (χ3v) is 4.80. The monoisotopic (exact) mass is 346 g/mol. The first kappa shape index (κ1) is 16.1. The normalized spacial score (nSPS) is 11.2. The van der Waals surface area contributed by atoms with Gasteiger partial charge in [0.1, 0.15) is 11.4 Å². The summed E-state index contributed by atoms with van der Waals surface area (Å²) in [6.07, 6.45) is 3.57. The summed E-state index contributed by atoms with van der Waals surface area (Å²) >= 11 is 0. The largest absolute Gasteiger partial charge is 0.494 e. The Hall–Kier alpha value is -3.34. The number of aryl methyl sites for hydroxylation is 1. The van der Waals surface area contributed by atoms with Crippen LogP contribution in [0, 0.1) is 6.92 Å². The number of ether oxygens (including phenoxy) is 1. The van der Waals surface area contributed by atoms with Crippen LogP contribution in [0.4, 0.5) is 0 Å². The number of aromatic nitrogens is 2. The van der Waals surface area contributed by atoms with Gasteiger partial charge in [0, 0.05) is 42.0 Å². The molecule has 4 aromatic rings. The van der Waals surface area contributed by atoms with Crippen molar-refractivity contribution >= 4 is 22.2 Å². The molecule has 26 heavy (non-hydrogen) atoms. The van der Waals surface area contributed by atoms with Crippen LogP contribution in [0.5, 0.6) is 5.75 Å². The second-order valence-electron chi connectivity index (χ2n) is 6.31. The summed E-state index contributed by atoms with van der Waals surface area (Å²) in [6, 6.07) is 12.5. The highest BCUT2D eigenvalue weighted by molar-refractivity contribution is 6.11. The summed E-state index contributed by atoms with van der Waals surface area (Å²) < 4.78 is 9.21. The highest BCUT2D eigenvalue weighted by Crippen LogP contribution is 2.31. The van der Waals surface area contributed by atoms with Crippen LogP contribution < -0.4 is 10.2 Å². The standard InChI is InChI=1S/C21H18N2O3/c1-13-19(23-10-5-4-6-17(23)21(13)26-3)20(25)14-7-8-16-15(12-14)18(24)9-11-22(16)2/h4-12H,1-3H3. The molecule has 3 heterocycles. The lowest BCUT2D eigenvalue weighted by Gasteiger charge is -2.07. The van der Waals surface area contributed by atoms with E-state index in [1.807, 2.05) is 53.4 Å². The molecule has 130 valence electrons. The number of hydrogen-bond donors (Lipinski definition) is 0. The number of benzene rings is 1. The Bertz CT molecular complexity index is 1230. The SMILES string of the molecule is COc1c(C)c(C(=O)c2ccc3c(c2)c(=O)ccn3C)n2ccccc12. The second-order valence-corrected chi connectivity index (χ2v) is 6.31. The van der Waals surface area contributed by atoms with Crippen LogP contribution in [0.15, 0.2) is 59.7 Å². The molecule has 0 spiro atoms. The molecule has 0 fully saturated rings. The van der Waals surface area contributed by atoms with Gasteiger partial charge in [-0.25, -0.2) is 0 Å². The van der Waals surface area contributed by atoms with Crippen molar-refractivity contribution in [2.24, 2.45) is 7.05 Å². The Morgan fingerprint density at radius 2 is 1.85 bits per heavy atom. The number of fused-ring (bicyclic) bond motifs is 2. The Morgan fingerprint density at radius 3 is 2.62 bits per heavy atom. The third kappa shape index (κ3) is 2.24. The summed E-state index contributed by atoms with van der Waals surface area (Å²) in [6.45, 7) is 1.87. The molecule has 0 aliphatic rings. The average molecular weight is 346 g/mol. The van der Waals surface area contributed by atoms with Gasteiger partial charge in [-0.1, -0.05) is 6.07 Å². The molecule has 0 saturated carbocycles. The highest BCUT2D eigenvalue weighted by atomic mass is 16.5. The van der Waals surface area contributed by atoms with Crippen LogP contribution in [0.25, 0.3) is 16.4 Å². The van der Waals surface area contributed by atoms with Crippen molar-refractivity contribution in [1.82, 2.24) is 8.97 Å². The summed E-state index contributed by atoms with van der Waals surface area (Å²) in [5.74, 6) is 0.547. The molecular weight excluding hydrogens is 328 g/mol. The number of hydrogen-bond acceptors (Lipinski definition) is 3. The minimum absolute atomic E-state index is 0.0953. The van der Waals surface area contributed by atoms with Gasteiger partial charge >= 0.3 is 0 Å². The van der Waals surface area contributed by atoms with Gasteiger partial charge in [0.25, 0.3) is 0 Å². The third-order valence-electron chi connectivity index (χ3n) is 4.80. The number of carbonyl (C=O) groups is 1. The van der Waals surface area contributed by atoms with Gasteiger partial charge in [0.05, 0.1) is 18.1 Å². The van der Waals surface area contributed by atoms with Crippen LogP contribution in [0.2, 0.25) is 0 Å². The first-order valence-electron chi connectivity index (χ1n) is 8.30. The van der Waals surface area contributed by atoms with Crippen LogP contribution in [-0.4, -0.2) is 21.9 Å². The van der Waals surface area contributed by atoms with E-state index in [-0.39, 0.29) is 11.2 Å². The summed E-state index contributed by atoms with van der Waals surface area (Å²) in [5.41, 5.74) is 3.35. The van der Waals surface area contributed by atoms with Crippen molar-refractivity contribution in [3.05, 3.63) is 81.9 Å². The molecule has 4 rings (SSSR count). The van der Waals surface area contributed by atoms with E-state index in [4.69, 9.17) is 4.74 Å². The number of ketones is 1. The van der Waals surface area contributed by atoms with Crippen LogP contribution in [0.1, 0.15) is 21.6 Å². The van der Waals surface area contributed by atoms with Gasteiger partial charge in [-0.05, 0) is 37.3 Å². The molecule has 0 atom stereocenters. The lowest BCUT2D eigenvalue weighted by molar-refractivity contribution is 0.103. The van der Waals surface area contributed by atoms with Crippen molar-refractivity contribution < 1.29 is 9.53 Å². The van der Waals surface area contributed by atoms with Crippen LogP contribution in [-0.2, 0) is 7.05 Å². The van der Waals surface area contributed by atoms with Gasteiger partial charge in [-0.15, -0.1) is 0 Å². The van der Waals surface area contributed by atoms with E-state index >= 15 is 0 Å². The zero-order chi connectivity index (χ0) is 18.4. The molecule has 0 aliphatic heterocycles. The van der Waals surface area contributed by atoms with Crippen LogP contribution >= 0.6 is 0 Å². The summed E-state index contributed by atoms with van der Waals surface area (Å²) in [5, 5.41) is 0.534. The molecule has 0 aliphatic carbocycles. The van der Waals surface area contributed by atoms with Crippen molar-refractivity contribution in [2.45, 2.75) is 6.92 Å². The Morgan fingerprint density at radius 1 is 1.04 bits per heavy atom. The fraction of sp³-hybridized carbons (Fsp3) is 0.143. The molecule has 3 aromatic heterocycles. The molecular formula is C21H18N2O3. The number of carbonyl (C=O) groups excluding carboxylic acids is 1. The fourth-order valence-corrected chi connectivity index (χ4v) is 3.51. The van der Waals surface area contributed by atoms with E-state index in [9.17, 15) is 9.59 Å². The molecule has 0 radical (unpaired) electrons. The Labute approximate surface area is 150 Å². The van der Waals surface area contributed by atoms with Crippen molar-refractivity contribution in [3.63, 3.8) is 0 Å². The van der Waals surface area contributed by atoms with Gasteiger partial charge < -0.3 is 13.7 Å². The molecule has 0 saturated heterocycles. The van der Waals surface area contributed by atoms with E-state index in [2.05, 4.69) is 0 Å². The van der Waals surface area contributed by atoms with Gasteiger partial charge in [0.2, 0.25) is 5.78 Å². The first-order valence-corrected chi connectivity index (χ1v) is 8.30. The van der Waals surface area contributed by atoms with E-state index in [0.29, 0.717) is 22.4 Å². The Kier molecular flexibility index (Phi) is 3.65. The molecule has 0 N–H and O–H groups in total. The predicted octanol–water partition coefficient (Wildman–Crippen LogP) is 3.34. The second kappa shape index (κ2) is 5.88. The molecule has 5 nitrogen and oxygen atoms in total. The Balaban J connectivity index is 1.96. The predicted molar refractivity (Wildman–Crippen MR) is 101 cm³/mol. The zero-order valence-electron chi connectivity index (χ0n) is 14.8. The minimum Gasteiger partial charge on any atom is -0.494 e. The smallest absolute Gasteiger partial charge is 0.210 e. The van der Waals surface area contributed by atoms with E-state index < -0.39 is 0 Å². The number of methoxy groups -OCH3 is 1. The molecule has 0 unspecified atom stereocenters.